The first-order valence-corrected chi connectivity index (χ1v) is 6.21. The molecule has 0 atom stereocenters. The van der Waals surface area contributed by atoms with Crippen LogP contribution in [0.5, 0.6) is 5.75 Å². The van der Waals surface area contributed by atoms with Crippen molar-refractivity contribution in [3.05, 3.63) is 58.1 Å². The van der Waals surface area contributed by atoms with E-state index in [0.717, 1.165) is 11.3 Å². The first kappa shape index (κ1) is 13.3. The normalized spacial score (nSPS) is 9.95. The SMILES string of the molecule is Cc1cccc(NCc2c(O)cccc2Cl)c1C#N. The lowest BCUT2D eigenvalue weighted by Crippen LogP contribution is -2.03. The van der Waals surface area contributed by atoms with E-state index in [-0.39, 0.29) is 5.75 Å². The lowest BCUT2D eigenvalue weighted by Gasteiger charge is -2.12. The summed E-state index contributed by atoms with van der Waals surface area (Å²) < 4.78 is 0. The fourth-order valence-corrected chi connectivity index (χ4v) is 2.11. The van der Waals surface area contributed by atoms with Gasteiger partial charge < -0.3 is 10.4 Å². The van der Waals surface area contributed by atoms with Gasteiger partial charge in [-0.2, -0.15) is 5.26 Å². The van der Waals surface area contributed by atoms with Crippen molar-refractivity contribution < 1.29 is 5.11 Å². The minimum absolute atomic E-state index is 0.145. The molecular formula is C15H13ClN2O. The van der Waals surface area contributed by atoms with Crippen molar-refractivity contribution in [2.75, 3.05) is 5.32 Å². The number of nitrogens with one attached hydrogen (secondary N) is 1. The van der Waals surface area contributed by atoms with Gasteiger partial charge in [-0.15, -0.1) is 0 Å². The molecule has 19 heavy (non-hydrogen) atoms. The molecule has 0 fully saturated rings. The average Bonchev–Trinajstić information content (AvgIpc) is 2.38. The number of benzene rings is 2. The summed E-state index contributed by atoms with van der Waals surface area (Å²) in [6.07, 6.45) is 0. The molecule has 0 heterocycles. The largest absolute Gasteiger partial charge is 0.508 e. The number of phenolic OH excluding ortho intramolecular Hbond substituents is 1. The van der Waals surface area contributed by atoms with Gasteiger partial charge in [0.2, 0.25) is 0 Å². The average molecular weight is 273 g/mol. The van der Waals surface area contributed by atoms with Crippen molar-refractivity contribution in [2.45, 2.75) is 13.5 Å². The van der Waals surface area contributed by atoms with Crippen molar-refractivity contribution in [2.24, 2.45) is 0 Å². The molecule has 0 radical (unpaired) electrons. The van der Waals surface area contributed by atoms with E-state index in [9.17, 15) is 5.11 Å². The fraction of sp³-hybridized carbons (Fsp3) is 0.133. The summed E-state index contributed by atoms with van der Waals surface area (Å²) >= 11 is 6.04. The van der Waals surface area contributed by atoms with E-state index in [1.165, 1.54) is 0 Å². The van der Waals surface area contributed by atoms with Crippen LogP contribution in [-0.2, 0) is 6.54 Å². The summed E-state index contributed by atoms with van der Waals surface area (Å²) in [5, 5.41) is 22.5. The Bertz CT molecular complexity index is 627. The molecule has 0 aliphatic heterocycles. The van der Waals surface area contributed by atoms with Crippen molar-refractivity contribution in [3.8, 4) is 11.8 Å². The minimum atomic E-state index is 0.145. The zero-order valence-electron chi connectivity index (χ0n) is 10.4. The van der Waals surface area contributed by atoms with Crippen molar-refractivity contribution in [3.63, 3.8) is 0 Å². The number of hydrogen-bond donors (Lipinski definition) is 2. The van der Waals surface area contributed by atoms with Gasteiger partial charge in [0, 0.05) is 17.1 Å². The molecule has 96 valence electrons. The Hall–Kier alpha value is -2.18. The molecule has 2 aromatic carbocycles. The maximum absolute atomic E-state index is 9.76. The van der Waals surface area contributed by atoms with Gasteiger partial charge in [-0.05, 0) is 30.7 Å². The summed E-state index contributed by atoms with van der Waals surface area (Å²) in [7, 11) is 0. The maximum atomic E-state index is 9.76. The third-order valence-electron chi connectivity index (χ3n) is 2.93. The molecule has 3 nitrogen and oxygen atoms in total. The van der Waals surface area contributed by atoms with E-state index in [4.69, 9.17) is 16.9 Å². The van der Waals surface area contributed by atoms with E-state index >= 15 is 0 Å². The third kappa shape index (κ3) is 2.81. The summed E-state index contributed by atoms with van der Waals surface area (Å²) in [6, 6.07) is 12.8. The van der Waals surface area contributed by atoms with E-state index in [1.54, 1.807) is 18.2 Å². The van der Waals surface area contributed by atoms with Crippen LogP contribution < -0.4 is 5.32 Å². The highest BCUT2D eigenvalue weighted by Gasteiger charge is 2.08. The molecule has 0 spiro atoms. The summed E-state index contributed by atoms with van der Waals surface area (Å²) in [5.41, 5.74) is 2.88. The molecule has 2 N–H and O–H groups in total. The van der Waals surface area contributed by atoms with E-state index in [0.29, 0.717) is 22.7 Å². The molecule has 0 aliphatic rings. The Morgan fingerprint density at radius 3 is 2.68 bits per heavy atom. The van der Waals surface area contributed by atoms with Gasteiger partial charge in [0.15, 0.2) is 0 Å². The van der Waals surface area contributed by atoms with Crippen molar-refractivity contribution in [1.29, 1.82) is 5.26 Å². The van der Waals surface area contributed by atoms with Crippen LogP contribution in [0.2, 0.25) is 5.02 Å². The van der Waals surface area contributed by atoms with Crippen LogP contribution >= 0.6 is 11.6 Å². The smallest absolute Gasteiger partial charge is 0.122 e. The number of rotatable bonds is 3. The number of nitrogens with zero attached hydrogens (tertiary/aromatic N) is 1. The van der Waals surface area contributed by atoms with Gasteiger partial charge in [-0.25, -0.2) is 0 Å². The monoisotopic (exact) mass is 272 g/mol. The number of aromatic hydroxyl groups is 1. The van der Waals surface area contributed by atoms with Crippen LogP contribution in [0.4, 0.5) is 5.69 Å². The predicted octanol–water partition coefficient (Wildman–Crippen LogP) is 3.84. The Morgan fingerprint density at radius 1 is 1.26 bits per heavy atom. The molecule has 2 aromatic rings. The van der Waals surface area contributed by atoms with Gasteiger partial charge in [-0.3, -0.25) is 0 Å². The van der Waals surface area contributed by atoms with Crippen LogP contribution in [0.15, 0.2) is 36.4 Å². The third-order valence-corrected chi connectivity index (χ3v) is 3.29. The summed E-state index contributed by atoms with van der Waals surface area (Å²) in [5.74, 6) is 0.145. The second-order valence-electron chi connectivity index (χ2n) is 4.20. The Morgan fingerprint density at radius 2 is 2.00 bits per heavy atom. The molecule has 0 bridgehead atoms. The number of hydrogen-bond acceptors (Lipinski definition) is 3. The first-order valence-electron chi connectivity index (χ1n) is 5.83. The second kappa shape index (κ2) is 5.64. The fourth-order valence-electron chi connectivity index (χ4n) is 1.87. The first-order chi connectivity index (χ1) is 9.13. The van der Waals surface area contributed by atoms with Gasteiger partial charge >= 0.3 is 0 Å². The molecule has 0 saturated heterocycles. The highest BCUT2D eigenvalue weighted by atomic mass is 35.5. The topological polar surface area (TPSA) is 56.0 Å². The molecule has 0 saturated carbocycles. The Balaban J connectivity index is 2.25. The highest BCUT2D eigenvalue weighted by Crippen LogP contribution is 2.27. The van der Waals surface area contributed by atoms with Gasteiger partial charge in [0.1, 0.15) is 11.8 Å². The number of halogens is 1. The standard InChI is InChI=1S/C15H13ClN2O/c1-10-4-2-6-14(11(10)8-17)18-9-12-13(16)5-3-7-15(12)19/h2-7,18-19H,9H2,1H3. The summed E-state index contributed by atoms with van der Waals surface area (Å²) in [4.78, 5) is 0. The van der Waals surface area contributed by atoms with Crippen LogP contribution in [0.1, 0.15) is 16.7 Å². The van der Waals surface area contributed by atoms with Gasteiger partial charge in [0.05, 0.1) is 11.3 Å². The van der Waals surface area contributed by atoms with E-state index in [2.05, 4.69) is 11.4 Å². The van der Waals surface area contributed by atoms with Crippen molar-refractivity contribution in [1.82, 2.24) is 0 Å². The molecule has 2 rings (SSSR count). The summed E-state index contributed by atoms with van der Waals surface area (Å²) in [6.45, 7) is 2.25. The van der Waals surface area contributed by atoms with Crippen LogP contribution in [0, 0.1) is 18.3 Å². The van der Waals surface area contributed by atoms with Crippen molar-refractivity contribution >= 4 is 17.3 Å². The number of anilines is 1. The zero-order valence-corrected chi connectivity index (χ0v) is 11.2. The molecule has 0 amide bonds. The Kier molecular flexibility index (Phi) is 3.94. The zero-order chi connectivity index (χ0) is 13.8. The molecule has 4 heteroatoms. The lowest BCUT2D eigenvalue weighted by atomic mass is 10.1. The van der Waals surface area contributed by atoms with Gasteiger partial charge in [-0.1, -0.05) is 29.8 Å². The van der Waals surface area contributed by atoms with E-state index < -0.39 is 0 Å². The molecule has 0 aromatic heterocycles. The number of phenols is 1. The molecular weight excluding hydrogens is 260 g/mol. The maximum Gasteiger partial charge on any atom is 0.122 e. The quantitative estimate of drug-likeness (QED) is 0.893. The predicted molar refractivity (Wildman–Crippen MR) is 76.3 cm³/mol. The van der Waals surface area contributed by atoms with Crippen LogP contribution in [0.3, 0.4) is 0 Å². The van der Waals surface area contributed by atoms with Crippen LogP contribution in [-0.4, -0.2) is 5.11 Å². The van der Waals surface area contributed by atoms with Gasteiger partial charge in [0.25, 0.3) is 0 Å². The minimum Gasteiger partial charge on any atom is -0.508 e. The van der Waals surface area contributed by atoms with E-state index in [1.807, 2.05) is 25.1 Å². The molecule has 0 unspecified atom stereocenters. The molecule has 0 aliphatic carbocycles. The lowest BCUT2D eigenvalue weighted by molar-refractivity contribution is 0.469. The van der Waals surface area contributed by atoms with Crippen LogP contribution in [0.25, 0.3) is 0 Å². The second-order valence-corrected chi connectivity index (χ2v) is 4.61. The Labute approximate surface area is 117 Å². The highest BCUT2D eigenvalue weighted by molar-refractivity contribution is 6.31. The number of aryl methyl sites for hydroxylation is 1. The number of nitriles is 1.